The summed E-state index contributed by atoms with van der Waals surface area (Å²) in [5.74, 6) is -0.212. The molecule has 0 bridgehead atoms. The molecule has 2 atom stereocenters. The van der Waals surface area contributed by atoms with E-state index in [0.717, 1.165) is 29.4 Å². The molecule has 1 aliphatic heterocycles. The van der Waals surface area contributed by atoms with Gasteiger partial charge in [0.1, 0.15) is 4.88 Å². The predicted molar refractivity (Wildman–Crippen MR) is 119 cm³/mol. The molecule has 1 aliphatic rings. The van der Waals surface area contributed by atoms with Crippen molar-refractivity contribution in [2.24, 2.45) is 0 Å². The molecule has 0 spiro atoms. The number of esters is 1. The van der Waals surface area contributed by atoms with Crippen LogP contribution in [0.5, 0.6) is 0 Å². The highest BCUT2D eigenvalue weighted by Gasteiger charge is 2.33. The Hall–Kier alpha value is -2.46. The molecule has 1 saturated heterocycles. The number of nitrogens with zero attached hydrogens (tertiary/aromatic N) is 3. The number of amides is 1. The van der Waals surface area contributed by atoms with Gasteiger partial charge in [-0.05, 0) is 33.1 Å². The SMILES string of the molecule is CCOC(=O)c1sc(N2CCC(NC(=O)c3nc(CC)c(CC)[nH]3)C(OC)C2)nc1C. The Bertz CT molecular complexity index is 904. The third kappa shape index (κ3) is 5.07. The molecule has 1 amide bonds. The van der Waals surface area contributed by atoms with Gasteiger partial charge in [-0.15, -0.1) is 0 Å². The molecule has 3 heterocycles. The minimum Gasteiger partial charge on any atom is -0.462 e. The lowest BCUT2D eigenvalue weighted by Crippen LogP contribution is -2.55. The molecule has 31 heavy (non-hydrogen) atoms. The molecule has 2 aromatic rings. The van der Waals surface area contributed by atoms with Crippen LogP contribution in [0, 0.1) is 6.92 Å². The van der Waals surface area contributed by atoms with Gasteiger partial charge in [-0.2, -0.15) is 0 Å². The first-order valence-corrected chi connectivity index (χ1v) is 11.5. The van der Waals surface area contributed by atoms with Gasteiger partial charge >= 0.3 is 5.97 Å². The van der Waals surface area contributed by atoms with E-state index < -0.39 is 0 Å². The summed E-state index contributed by atoms with van der Waals surface area (Å²) in [5, 5.41) is 3.84. The zero-order valence-corrected chi connectivity index (χ0v) is 19.6. The maximum absolute atomic E-state index is 12.8. The third-order valence-electron chi connectivity index (χ3n) is 5.46. The van der Waals surface area contributed by atoms with Crippen molar-refractivity contribution in [3.63, 3.8) is 0 Å². The van der Waals surface area contributed by atoms with Crippen molar-refractivity contribution in [2.45, 2.75) is 59.1 Å². The highest BCUT2D eigenvalue weighted by Crippen LogP contribution is 2.29. The van der Waals surface area contributed by atoms with Crippen LogP contribution in [0.2, 0.25) is 0 Å². The topological polar surface area (TPSA) is 109 Å². The van der Waals surface area contributed by atoms with Gasteiger partial charge in [0.25, 0.3) is 5.91 Å². The molecule has 0 saturated carbocycles. The average molecular weight is 450 g/mol. The summed E-state index contributed by atoms with van der Waals surface area (Å²) in [6.45, 7) is 9.25. The number of nitrogens with one attached hydrogen (secondary N) is 2. The van der Waals surface area contributed by atoms with Crippen LogP contribution in [0.4, 0.5) is 5.13 Å². The number of carbonyl (C=O) groups is 2. The maximum Gasteiger partial charge on any atom is 0.350 e. The molecule has 1 fully saturated rings. The molecular formula is C21H31N5O4S. The number of rotatable bonds is 8. The Morgan fingerprint density at radius 3 is 2.65 bits per heavy atom. The van der Waals surface area contributed by atoms with E-state index in [0.29, 0.717) is 42.5 Å². The van der Waals surface area contributed by atoms with Crippen molar-refractivity contribution in [2.75, 3.05) is 31.7 Å². The van der Waals surface area contributed by atoms with Crippen LogP contribution in [0.1, 0.15) is 64.6 Å². The predicted octanol–water partition coefficient (Wildman–Crippen LogP) is 2.50. The number of H-pyrrole nitrogens is 1. The molecule has 170 valence electrons. The fraction of sp³-hybridized carbons (Fsp3) is 0.619. The van der Waals surface area contributed by atoms with Crippen molar-refractivity contribution in [3.05, 3.63) is 27.8 Å². The second-order valence-corrected chi connectivity index (χ2v) is 8.42. The van der Waals surface area contributed by atoms with E-state index in [-0.39, 0.29) is 24.0 Å². The van der Waals surface area contributed by atoms with Crippen molar-refractivity contribution in [3.8, 4) is 0 Å². The van der Waals surface area contributed by atoms with Crippen LogP contribution in [0.15, 0.2) is 0 Å². The van der Waals surface area contributed by atoms with Crippen LogP contribution in [-0.2, 0) is 22.3 Å². The lowest BCUT2D eigenvalue weighted by Gasteiger charge is -2.37. The number of hydrogen-bond donors (Lipinski definition) is 2. The monoisotopic (exact) mass is 449 g/mol. The van der Waals surface area contributed by atoms with E-state index in [9.17, 15) is 9.59 Å². The number of aromatic amines is 1. The number of imidazole rings is 1. The smallest absolute Gasteiger partial charge is 0.350 e. The Morgan fingerprint density at radius 1 is 1.26 bits per heavy atom. The molecule has 0 radical (unpaired) electrons. The van der Waals surface area contributed by atoms with Gasteiger partial charge < -0.3 is 24.7 Å². The normalized spacial score (nSPS) is 18.8. The first kappa shape index (κ1) is 23.2. The summed E-state index contributed by atoms with van der Waals surface area (Å²) in [6, 6.07) is -0.139. The highest BCUT2D eigenvalue weighted by molar-refractivity contribution is 7.17. The number of ether oxygens (including phenoxy) is 2. The first-order valence-electron chi connectivity index (χ1n) is 10.7. The van der Waals surface area contributed by atoms with Crippen LogP contribution < -0.4 is 10.2 Å². The molecule has 2 N–H and O–H groups in total. The Morgan fingerprint density at radius 2 is 2.03 bits per heavy atom. The van der Waals surface area contributed by atoms with E-state index in [4.69, 9.17) is 9.47 Å². The van der Waals surface area contributed by atoms with E-state index in [1.807, 2.05) is 20.8 Å². The van der Waals surface area contributed by atoms with Crippen LogP contribution >= 0.6 is 11.3 Å². The summed E-state index contributed by atoms with van der Waals surface area (Å²) in [5.41, 5.74) is 2.60. The summed E-state index contributed by atoms with van der Waals surface area (Å²) in [7, 11) is 1.64. The van der Waals surface area contributed by atoms with Crippen molar-refractivity contribution in [1.82, 2.24) is 20.3 Å². The minimum atomic E-state index is -0.342. The van der Waals surface area contributed by atoms with Crippen molar-refractivity contribution in [1.29, 1.82) is 0 Å². The fourth-order valence-electron chi connectivity index (χ4n) is 3.77. The Labute approximate surface area is 186 Å². The average Bonchev–Trinajstić information content (AvgIpc) is 3.37. The summed E-state index contributed by atoms with van der Waals surface area (Å²) < 4.78 is 10.8. The van der Waals surface area contributed by atoms with Gasteiger partial charge in [0, 0.05) is 25.9 Å². The zero-order valence-electron chi connectivity index (χ0n) is 18.8. The van der Waals surface area contributed by atoms with E-state index in [1.54, 1.807) is 14.0 Å². The van der Waals surface area contributed by atoms with Crippen LogP contribution in [0.25, 0.3) is 0 Å². The molecule has 3 rings (SSSR count). The van der Waals surface area contributed by atoms with E-state index in [2.05, 4.69) is 25.2 Å². The molecule has 2 aromatic heterocycles. The summed E-state index contributed by atoms with van der Waals surface area (Å²) in [4.78, 5) is 39.6. The quantitative estimate of drug-likeness (QED) is 0.596. The number of hydrogen-bond acceptors (Lipinski definition) is 8. The van der Waals surface area contributed by atoms with Gasteiger partial charge in [-0.25, -0.2) is 14.8 Å². The molecular weight excluding hydrogens is 418 g/mol. The lowest BCUT2D eigenvalue weighted by molar-refractivity contribution is 0.0530. The van der Waals surface area contributed by atoms with Crippen LogP contribution in [-0.4, -0.2) is 65.8 Å². The number of piperidine rings is 1. The van der Waals surface area contributed by atoms with Gasteiger partial charge in [0.2, 0.25) is 0 Å². The number of carbonyl (C=O) groups excluding carboxylic acids is 2. The lowest BCUT2D eigenvalue weighted by atomic mass is 10.0. The number of methoxy groups -OCH3 is 1. The number of aryl methyl sites for hydroxylation is 3. The first-order chi connectivity index (χ1) is 14.9. The standard InChI is InChI=1S/C21H31N5O4S/c1-6-13-14(7-2)24-18(23-13)19(27)25-15-9-10-26(11-16(15)29-5)21-22-12(4)17(31-21)20(28)30-8-3/h15-16H,6-11H2,1-5H3,(H,23,24)(H,25,27). The molecule has 0 aliphatic carbocycles. The summed E-state index contributed by atoms with van der Waals surface area (Å²) >= 11 is 1.33. The maximum atomic E-state index is 12.8. The van der Waals surface area contributed by atoms with Gasteiger partial charge in [0.15, 0.2) is 11.0 Å². The second-order valence-electron chi connectivity index (χ2n) is 7.44. The largest absolute Gasteiger partial charge is 0.462 e. The number of aromatic nitrogens is 3. The molecule has 2 unspecified atom stereocenters. The minimum absolute atomic E-state index is 0.139. The molecule has 9 nitrogen and oxygen atoms in total. The fourth-order valence-corrected chi connectivity index (χ4v) is 4.77. The number of thiazole rings is 1. The van der Waals surface area contributed by atoms with Crippen LogP contribution in [0.3, 0.4) is 0 Å². The number of anilines is 1. The third-order valence-corrected chi connectivity index (χ3v) is 6.66. The summed E-state index contributed by atoms with van der Waals surface area (Å²) in [6.07, 6.45) is 2.08. The Balaban J connectivity index is 1.67. The molecule has 0 aromatic carbocycles. The second kappa shape index (κ2) is 10.2. The van der Waals surface area contributed by atoms with Gasteiger partial charge in [0.05, 0.1) is 30.1 Å². The van der Waals surface area contributed by atoms with E-state index in [1.165, 1.54) is 11.3 Å². The van der Waals surface area contributed by atoms with E-state index >= 15 is 0 Å². The van der Waals surface area contributed by atoms with Crippen molar-refractivity contribution < 1.29 is 19.1 Å². The van der Waals surface area contributed by atoms with Gasteiger partial charge in [-0.3, -0.25) is 4.79 Å². The zero-order chi connectivity index (χ0) is 22.5. The highest BCUT2D eigenvalue weighted by atomic mass is 32.1. The molecule has 10 heteroatoms. The van der Waals surface area contributed by atoms with Crippen molar-refractivity contribution >= 4 is 28.3 Å². The Kier molecular flexibility index (Phi) is 7.66. The van der Waals surface area contributed by atoms with Gasteiger partial charge in [-0.1, -0.05) is 25.2 Å².